The summed E-state index contributed by atoms with van der Waals surface area (Å²) in [6, 6.07) is 62.0. The standard InChI is InChI=1S/C52H42N4/c1-51(2,39-25-29-41(30-26-39)55-47-14-8-5-11-43(47)44-12-6-9-15-48(44)55)37-21-17-35(18-22-37)36-19-23-38(24-20-36)52(3,4)40-27-31-42(32-28-40)56-49-16-10-7-13-45(49)46-33-53-34-54-50(46)56/h5-34H,1-4H3. The Morgan fingerprint density at radius 3 is 1.18 bits per heavy atom. The number of hydrogen-bond donors (Lipinski definition) is 0. The van der Waals surface area contributed by atoms with Gasteiger partial charge in [0.05, 0.1) is 16.6 Å². The van der Waals surface area contributed by atoms with Gasteiger partial charge in [-0.3, -0.25) is 4.57 Å². The van der Waals surface area contributed by atoms with Gasteiger partial charge < -0.3 is 4.57 Å². The molecule has 4 nitrogen and oxygen atoms in total. The highest BCUT2D eigenvalue weighted by Gasteiger charge is 2.25. The summed E-state index contributed by atoms with van der Waals surface area (Å²) in [4.78, 5) is 8.95. The Morgan fingerprint density at radius 2 is 0.732 bits per heavy atom. The molecule has 0 amide bonds. The van der Waals surface area contributed by atoms with Crippen molar-refractivity contribution in [2.75, 3.05) is 0 Å². The Kier molecular flexibility index (Phi) is 7.79. The fourth-order valence-electron chi connectivity index (χ4n) is 8.71. The van der Waals surface area contributed by atoms with Gasteiger partial charge in [-0.15, -0.1) is 0 Å². The Labute approximate surface area is 327 Å². The summed E-state index contributed by atoms with van der Waals surface area (Å²) in [5.74, 6) is 0. The van der Waals surface area contributed by atoms with Gasteiger partial charge in [0.2, 0.25) is 0 Å². The third-order valence-corrected chi connectivity index (χ3v) is 12.2. The summed E-state index contributed by atoms with van der Waals surface area (Å²) in [6.45, 7) is 9.24. The summed E-state index contributed by atoms with van der Waals surface area (Å²) < 4.78 is 4.61. The fourth-order valence-corrected chi connectivity index (χ4v) is 8.71. The van der Waals surface area contributed by atoms with Gasteiger partial charge in [0.15, 0.2) is 0 Å². The van der Waals surface area contributed by atoms with E-state index in [0.717, 1.165) is 27.6 Å². The van der Waals surface area contributed by atoms with Crippen molar-refractivity contribution in [3.63, 3.8) is 0 Å². The van der Waals surface area contributed by atoms with E-state index in [0.29, 0.717) is 0 Å². The summed E-state index contributed by atoms with van der Waals surface area (Å²) in [5, 5.41) is 4.79. The van der Waals surface area contributed by atoms with Crippen LogP contribution >= 0.6 is 0 Å². The average molecular weight is 723 g/mol. The van der Waals surface area contributed by atoms with Crippen LogP contribution in [0.5, 0.6) is 0 Å². The first-order valence-electron chi connectivity index (χ1n) is 19.4. The Balaban J connectivity index is 0.880. The molecule has 0 aliphatic rings. The van der Waals surface area contributed by atoms with E-state index in [1.807, 2.05) is 6.20 Å². The molecule has 0 fully saturated rings. The van der Waals surface area contributed by atoms with Crippen LogP contribution in [0, 0.1) is 0 Å². The van der Waals surface area contributed by atoms with Crippen molar-refractivity contribution in [3.05, 3.63) is 205 Å². The fraction of sp³-hybridized carbons (Fsp3) is 0.115. The molecule has 7 aromatic carbocycles. The van der Waals surface area contributed by atoms with Crippen LogP contribution in [0.2, 0.25) is 0 Å². The molecule has 0 N–H and O–H groups in total. The van der Waals surface area contributed by atoms with Crippen LogP contribution in [-0.2, 0) is 10.8 Å². The van der Waals surface area contributed by atoms with Gasteiger partial charge in [-0.1, -0.05) is 155 Å². The summed E-state index contributed by atoms with van der Waals surface area (Å²) in [5.41, 5.74) is 14.0. The van der Waals surface area contributed by atoms with E-state index >= 15 is 0 Å². The van der Waals surface area contributed by atoms with Crippen molar-refractivity contribution in [2.24, 2.45) is 0 Å². The van der Waals surface area contributed by atoms with Gasteiger partial charge in [0.1, 0.15) is 12.0 Å². The van der Waals surface area contributed by atoms with Crippen LogP contribution in [0.1, 0.15) is 49.9 Å². The maximum absolute atomic E-state index is 4.65. The van der Waals surface area contributed by atoms with Gasteiger partial charge in [-0.05, 0) is 75.8 Å². The molecule has 0 spiro atoms. The molecule has 0 aliphatic carbocycles. The Hall–Kier alpha value is -6.78. The number of benzene rings is 7. The van der Waals surface area contributed by atoms with E-state index in [4.69, 9.17) is 0 Å². The lowest BCUT2D eigenvalue weighted by Gasteiger charge is -2.27. The minimum absolute atomic E-state index is 0.156. The monoisotopic (exact) mass is 722 g/mol. The zero-order valence-corrected chi connectivity index (χ0v) is 32.1. The van der Waals surface area contributed by atoms with Crippen molar-refractivity contribution in [1.29, 1.82) is 0 Å². The van der Waals surface area contributed by atoms with Gasteiger partial charge >= 0.3 is 0 Å². The number of fused-ring (bicyclic) bond motifs is 6. The van der Waals surface area contributed by atoms with Gasteiger partial charge in [0, 0.05) is 49.9 Å². The summed E-state index contributed by atoms with van der Waals surface area (Å²) in [7, 11) is 0. The van der Waals surface area contributed by atoms with Crippen molar-refractivity contribution >= 4 is 43.7 Å². The predicted molar refractivity (Wildman–Crippen MR) is 233 cm³/mol. The third kappa shape index (κ3) is 5.36. The van der Waals surface area contributed by atoms with Crippen LogP contribution < -0.4 is 0 Å². The number of rotatable bonds is 7. The van der Waals surface area contributed by atoms with E-state index < -0.39 is 0 Å². The number of para-hydroxylation sites is 3. The largest absolute Gasteiger partial charge is 0.309 e. The van der Waals surface area contributed by atoms with Crippen LogP contribution in [0.3, 0.4) is 0 Å². The molecule has 0 bridgehead atoms. The van der Waals surface area contributed by atoms with Crippen molar-refractivity contribution < 1.29 is 0 Å². The molecule has 3 heterocycles. The number of aromatic nitrogens is 4. The van der Waals surface area contributed by atoms with Gasteiger partial charge in [0.25, 0.3) is 0 Å². The number of hydrogen-bond acceptors (Lipinski definition) is 2. The van der Waals surface area contributed by atoms with E-state index in [9.17, 15) is 0 Å². The second-order valence-corrected chi connectivity index (χ2v) is 16.0. The van der Waals surface area contributed by atoms with Gasteiger partial charge in [-0.2, -0.15) is 0 Å². The molecule has 4 heteroatoms. The molecule has 10 aromatic rings. The summed E-state index contributed by atoms with van der Waals surface area (Å²) >= 11 is 0. The lowest BCUT2D eigenvalue weighted by molar-refractivity contribution is 0.640. The smallest absolute Gasteiger partial charge is 0.148 e. The Morgan fingerprint density at radius 1 is 0.375 bits per heavy atom. The first kappa shape index (κ1) is 33.8. The minimum atomic E-state index is -0.176. The molecule has 3 aromatic heterocycles. The van der Waals surface area contributed by atoms with Crippen molar-refractivity contribution in [1.82, 2.24) is 19.1 Å². The van der Waals surface area contributed by atoms with Crippen molar-refractivity contribution in [2.45, 2.75) is 38.5 Å². The van der Waals surface area contributed by atoms with Crippen LogP contribution in [0.4, 0.5) is 0 Å². The first-order chi connectivity index (χ1) is 27.3. The second-order valence-electron chi connectivity index (χ2n) is 16.0. The maximum Gasteiger partial charge on any atom is 0.148 e. The molecule has 0 atom stereocenters. The molecular weight excluding hydrogens is 681 g/mol. The molecular formula is C52H42N4. The van der Waals surface area contributed by atoms with Crippen molar-refractivity contribution in [3.8, 4) is 22.5 Å². The highest BCUT2D eigenvalue weighted by molar-refractivity contribution is 6.09. The zero-order valence-electron chi connectivity index (χ0n) is 32.1. The lowest BCUT2D eigenvalue weighted by atomic mass is 9.77. The molecule has 0 saturated heterocycles. The lowest BCUT2D eigenvalue weighted by Crippen LogP contribution is -2.19. The average Bonchev–Trinajstić information content (AvgIpc) is 3.77. The molecule has 0 aliphatic heterocycles. The van der Waals surface area contributed by atoms with Crippen LogP contribution in [0.25, 0.3) is 66.2 Å². The van der Waals surface area contributed by atoms with Crippen LogP contribution in [0.15, 0.2) is 182 Å². The SMILES string of the molecule is CC(C)(c1ccc(-c2ccc(C(C)(C)c3ccc(-n4c5ccccc5c5cncnc54)cc3)cc2)cc1)c1ccc(-n2c3ccccc3c3ccccc32)cc1. The summed E-state index contributed by atoms with van der Waals surface area (Å²) in [6.07, 6.45) is 3.53. The quantitative estimate of drug-likeness (QED) is 0.164. The molecule has 0 saturated carbocycles. The molecule has 0 radical (unpaired) electrons. The second kappa shape index (κ2) is 12.9. The number of nitrogens with zero attached hydrogens (tertiary/aromatic N) is 4. The first-order valence-corrected chi connectivity index (χ1v) is 19.4. The predicted octanol–water partition coefficient (Wildman–Crippen LogP) is 13.0. The zero-order chi connectivity index (χ0) is 38.0. The van der Waals surface area contributed by atoms with Crippen LogP contribution in [-0.4, -0.2) is 19.1 Å². The molecule has 0 unspecified atom stereocenters. The normalized spacial score (nSPS) is 12.3. The van der Waals surface area contributed by atoms with E-state index in [1.54, 1.807) is 6.33 Å². The Bertz CT molecular complexity index is 2720. The molecule has 56 heavy (non-hydrogen) atoms. The minimum Gasteiger partial charge on any atom is -0.309 e. The highest BCUT2D eigenvalue weighted by Crippen LogP contribution is 2.38. The topological polar surface area (TPSA) is 35.6 Å². The molecule has 10 rings (SSSR count). The van der Waals surface area contributed by atoms with E-state index in [-0.39, 0.29) is 10.8 Å². The van der Waals surface area contributed by atoms with Gasteiger partial charge in [-0.25, -0.2) is 9.97 Å². The molecule has 270 valence electrons. The highest BCUT2D eigenvalue weighted by atomic mass is 15.1. The van der Waals surface area contributed by atoms with E-state index in [2.05, 4.69) is 217 Å². The third-order valence-electron chi connectivity index (χ3n) is 12.2. The maximum atomic E-state index is 4.65. The van der Waals surface area contributed by atoms with E-state index in [1.165, 1.54) is 60.9 Å².